The van der Waals surface area contributed by atoms with Crippen molar-refractivity contribution in [2.45, 2.75) is 6.54 Å². The number of rotatable bonds is 6. The lowest BCUT2D eigenvalue weighted by atomic mass is 10.2. The number of nitrogens with one attached hydrogen (secondary N) is 1. The van der Waals surface area contributed by atoms with Gasteiger partial charge in [-0.3, -0.25) is 4.79 Å². The van der Waals surface area contributed by atoms with Gasteiger partial charge in [0.25, 0.3) is 5.91 Å². The predicted octanol–water partition coefficient (Wildman–Crippen LogP) is 0.832. The highest BCUT2D eigenvalue weighted by Gasteiger charge is 2.17. The van der Waals surface area contributed by atoms with Crippen LogP contribution in [0.25, 0.3) is 5.69 Å². The summed E-state index contributed by atoms with van der Waals surface area (Å²) in [5, 5.41) is 7.03. The van der Waals surface area contributed by atoms with Crippen LogP contribution in [-0.2, 0) is 11.3 Å². The summed E-state index contributed by atoms with van der Waals surface area (Å²) >= 11 is 0. The van der Waals surface area contributed by atoms with Gasteiger partial charge in [-0.25, -0.2) is 4.68 Å². The van der Waals surface area contributed by atoms with Crippen molar-refractivity contribution in [3.05, 3.63) is 54.1 Å². The highest BCUT2D eigenvalue weighted by atomic mass is 16.5. The molecule has 10 nitrogen and oxygen atoms in total. The predicted molar refractivity (Wildman–Crippen MR) is 104 cm³/mol. The number of ether oxygens (including phenoxy) is 2. The van der Waals surface area contributed by atoms with Crippen LogP contribution in [0.4, 0.5) is 5.95 Å². The Kier molecular flexibility index (Phi) is 5.61. The number of amides is 1. The molecule has 1 aliphatic heterocycles. The van der Waals surface area contributed by atoms with Crippen molar-refractivity contribution in [2.75, 3.05) is 38.3 Å². The van der Waals surface area contributed by atoms with Gasteiger partial charge in [-0.15, -0.1) is 0 Å². The first-order valence-corrected chi connectivity index (χ1v) is 9.23. The first-order valence-electron chi connectivity index (χ1n) is 9.23. The number of morpholine rings is 1. The second-order valence-electron chi connectivity index (χ2n) is 6.32. The monoisotopic (exact) mass is 395 g/mol. The molecule has 4 rings (SSSR count). The molecule has 3 aromatic rings. The van der Waals surface area contributed by atoms with Gasteiger partial charge in [-0.05, 0) is 24.3 Å². The molecule has 1 N–H and O–H groups in total. The lowest BCUT2D eigenvalue weighted by molar-refractivity contribution is 0.0949. The summed E-state index contributed by atoms with van der Waals surface area (Å²) in [5.74, 6) is 0.714. The van der Waals surface area contributed by atoms with Crippen LogP contribution in [0.1, 0.15) is 16.2 Å². The number of anilines is 1. The maximum Gasteiger partial charge on any atom is 0.321 e. The molecule has 1 saturated heterocycles. The van der Waals surface area contributed by atoms with Gasteiger partial charge >= 0.3 is 6.01 Å². The van der Waals surface area contributed by atoms with Gasteiger partial charge in [0.05, 0.1) is 32.6 Å². The van der Waals surface area contributed by atoms with E-state index >= 15 is 0 Å². The summed E-state index contributed by atoms with van der Waals surface area (Å²) < 4.78 is 12.3. The van der Waals surface area contributed by atoms with E-state index in [1.807, 2.05) is 29.3 Å². The maximum absolute atomic E-state index is 12.6. The molecule has 0 bridgehead atoms. The molecule has 1 amide bonds. The van der Waals surface area contributed by atoms with E-state index < -0.39 is 0 Å². The molecule has 0 saturated carbocycles. The summed E-state index contributed by atoms with van der Waals surface area (Å²) in [6.45, 7) is 2.78. The van der Waals surface area contributed by atoms with Crippen LogP contribution in [0.3, 0.4) is 0 Å². The fourth-order valence-electron chi connectivity index (χ4n) is 2.93. The van der Waals surface area contributed by atoms with Gasteiger partial charge in [-0.1, -0.05) is 6.07 Å². The molecule has 1 aromatic carbocycles. The SMILES string of the molecule is COc1nc(CNC(=O)c2cccc(-n3cccn3)c2)nc(N2CCOCC2)n1. The van der Waals surface area contributed by atoms with E-state index in [2.05, 4.69) is 25.4 Å². The molecule has 1 fully saturated rings. The Balaban J connectivity index is 1.47. The van der Waals surface area contributed by atoms with E-state index in [4.69, 9.17) is 9.47 Å². The number of carbonyl (C=O) groups is 1. The number of aromatic nitrogens is 5. The first-order chi connectivity index (χ1) is 14.2. The Morgan fingerprint density at radius 3 is 2.83 bits per heavy atom. The van der Waals surface area contributed by atoms with Crippen molar-refractivity contribution in [3.63, 3.8) is 0 Å². The van der Waals surface area contributed by atoms with Crippen LogP contribution in [0.5, 0.6) is 6.01 Å². The van der Waals surface area contributed by atoms with Gasteiger partial charge in [0.15, 0.2) is 5.82 Å². The zero-order valence-electron chi connectivity index (χ0n) is 16.0. The van der Waals surface area contributed by atoms with E-state index in [1.165, 1.54) is 7.11 Å². The summed E-state index contributed by atoms with van der Waals surface area (Å²) in [6.07, 6.45) is 3.51. The minimum absolute atomic E-state index is 0.154. The number of hydrogen-bond donors (Lipinski definition) is 1. The fraction of sp³-hybridized carbons (Fsp3) is 0.316. The number of hydrogen-bond acceptors (Lipinski definition) is 8. The van der Waals surface area contributed by atoms with Crippen LogP contribution in [0.2, 0.25) is 0 Å². The molecular formula is C19H21N7O3. The molecule has 1 aliphatic rings. The van der Waals surface area contributed by atoms with Gasteiger partial charge in [0.2, 0.25) is 5.95 Å². The molecule has 3 heterocycles. The molecule has 150 valence electrons. The lowest BCUT2D eigenvalue weighted by Gasteiger charge is -2.26. The van der Waals surface area contributed by atoms with Crippen molar-refractivity contribution >= 4 is 11.9 Å². The molecule has 2 aromatic heterocycles. The van der Waals surface area contributed by atoms with E-state index in [-0.39, 0.29) is 18.5 Å². The Hall–Kier alpha value is -3.53. The number of benzene rings is 1. The van der Waals surface area contributed by atoms with Crippen molar-refractivity contribution in [3.8, 4) is 11.7 Å². The average molecular weight is 395 g/mol. The zero-order valence-corrected chi connectivity index (χ0v) is 16.0. The Morgan fingerprint density at radius 2 is 2.07 bits per heavy atom. The highest BCUT2D eigenvalue weighted by molar-refractivity contribution is 5.94. The summed E-state index contributed by atoms with van der Waals surface area (Å²) in [7, 11) is 1.50. The number of carbonyl (C=O) groups excluding carboxylic acids is 1. The quantitative estimate of drug-likeness (QED) is 0.654. The summed E-state index contributed by atoms with van der Waals surface area (Å²) in [4.78, 5) is 27.6. The summed E-state index contributed by atoms with van der Waals surface area (Å²) in [5.41, 5.74) is 1.33. The molecule has 0 atom stereocenters. The second kappa shape index (κ2) is 8.65. The van der Waals surface area contributed by atoms with Crippen LogP contribution < -0.4 is 15.0 Å². The minimum Gasteiger partial charge on any atom is -0.467 e. The third-order valence-corrected chi connectivity index (χ3v) is 4.41. The molecule has 29 heavy (non-hydrogen) atoms. The molecule has 10 heteroatoms. The molecule has 0 radical (unpaired) electrons. The lowest BCUT2D eigenvalue weighted by Crippen LogP contribution is -2.37. The van der Waals surface area contributed by atoms with Gasteiger partial charge < -0.3 is 19.7 Å². The van der Waals surface area contributed by atoms with Gasteiger partial charge in [-0.2, -0.15) is 20.1 Å². The van der Waals surface area contributed by atoms with Gasteiger partial charge in [0.1, 0.15) is 0 Å². The van der Waals surface area contributed by atoms with E-state index in [9.17, 15) is 4.79 Å². The Bertz CT molecular complexity index is 972. The largest absolute Gasteiger partial charge is 0.467 e. The van der Waals surface area contributed by atoms with E-state index in [0.717, 1.165) is 5.69 Å². The maximum atomic E-state index is 12.6. The fourth-order valence-corrected chi connectivity index (χ4v) is 2.93. The molecule has 0 aliphatic carbocycles. The van der Waals surface area contributed by atoms with E-state index in [0.29, 0.717) is 43.6 Å². The van der Waals surface area contributed by atoms with Crippen LogP contribution >= 0.6 is 0 Å². The second-order valence-corrected chi connectivity index (χ2v) is 6.32. The van der Waals surface area contributed by atoms with Gasteiger partial charge in [0, 0.05) is 31.0 Å². The van der Waals surface area contributed by atoms with Crippen molar-refractivity contribution in [1.82, 2.24) is 30.0 Å². The minimum atomic E-state index is -0.230. The Morgan fingerprint density at radius 1 is 1.21 bits per heavy atom. The number of methoxy groups -OCH3 is 1. The van der Waals surface area contributed by atoms with E-state index in [1.54, 1.807) is 23.0 Å². The topological polar surface area (TPSA) is 107 Å². The molecular weight excluding hydrogens is 374 g/mol. The third-order valence-electron chi connectivity index (χ3n) is 4.41. The van der Waals surface area contributed by atoms with Crippen LogP contribution in [-0.4, -0.2) is 64.1 Å². The first kappa shape index (κ1) is 18.8. The number of nitrogens with zero attached hydrogens (tertiary/aromatic N) is 6. The standard InChI is InChI=1S/C19H21N7O3/c1-28-19-23-16(22-18(24-19)25-8-10-29-11-9-25)13-20-17(27)14-4-2-5-15(12-14)26-7-3-6-21-26/h2-7,12H,8-11,13H2,1H3,(H,20,27). The van der Waals surface area contributed by atoms with Crippen molar-refractivity contribution in [2.24, 2.45) is 0 Å². The smallest absolute Gasteiger partial charge is 0.321 e. The van der Waals surface area contributed by atoms with Crippen LogP contribution in [0, 0.1) is 0 Å². The van der Waals surface area contributed by atoms with Crippen molar-refractivity contribution in [1.29, 1.82) is 0 Å². The zero-order chi connectivity index (χ0) is 20.1. The normalized spacial score (nSPS) is 13.9. The average Bonchev–Trinajstić information content (AvgIpc) is 3.33. The summed E-state index contributed by atoms with van der Waals surface area (Å²) in [6, 6.07) is 9.26. The highest BCUT2D eigenvalue weighted by Crippen LogP contribution is 2.14. The van der Waals surface area contributed by atoms with Crippen molar-refractivity contribution < 1.29 is 14.3 Å². The Labute approximate surface area is 167 Å². The molecule has 0 spiro atoms. The third kappa shape index (κ3) is 4.49. The van der Waals surface area contributed by atoms with Crippen LogP contribution in [0.15, 0.2) is 42.7 Å². The molecule has 0 unspecified atom stereocenters.